The molecule has 1 saturated heterocycles. The first kappa shape index (κ1) is 12.8. The smallest absolute Gasteiger partial charge is 0.127 e. The summed E-state index contributed by atoms with van der Waals surface area (Å²) in [7, 11) is 0. The van der Waals surface area contributed by atoms with Gasteiger partial charge in [0.15, 0.2) is 0 Å². The van der Waals surface area contributed by atoms with Crippen molar-refractivity contribution < 1.29 is 0 Å². The lowest BCUT2D eigenvalue weighted by Crippen LogP contribution is -2.39. The van der Waals surface area contributed by atoms with Crippen molar-refractivity contribution in [3.8, 4) is 6.07 Å². The number of anilines is 1. The van der Waals surface area contributed by atoms with Crippen molar-refractivity contribution in [2.75, 3.05) is 18.4 Å². The Morgan fingerprint density at radius 1 is 1.61 bits per heavy atom. The zero-order chi connectivity index (χ0) is 13.0. The molecule has 2 heterocycles. The summed E-state index contributed by atoms with van der Waals surface area (Å²) in [6.07, 6.45) is 4.19. The van der Waals surface area contributed by atoms with Gasteiger partial charge in [0.25, 0.3) is 0 Å². The van der Waals surface area contributed by atoms with Crippen LogP contribution in [0.5, 0.6) is 0 Å². The third-order valence-corrected chi connectivity index (χ3v) is 3.49. The Labute approximate surface area is 109 Å². The molecule has 1 aliphatic rings. The molecule has 4 heteroatoms. The molecule has 1 atom stereocenters. The molecule has 4 nitrogen and oxygen atoms in total. The summed E-state index contributed by atoms with van der Waals surface area (Å²) in [5.41, 5.74) is 0.652. The van der Waals surface area contributed by atoms with Crippen molar-refractivity contribution in [3.05, 3.63) is 23.9 Å². The second-order valence-corrected chi connectivity index (χ2v) is 5.05. The van der Waals surface area contributed by atoms with Gasteiger partial charge >= 0.3 is 0 Å². The monoisotopic (exact) mass is 244 g/mol. The maximum Gasteiger partial charge on any atom is 0.127 e. The van der Waals surface area contributed by atoms with Crippen LogP contribution in [-0.4, -0.2) is 35.1 Å². The summed E-state index contributed by atoms with van der Waals surface area (Å²) >= 11 is 0. The maximum atomic E-state index is 8.84. The molecule has 1 unspecified atom stereocenters. The quantitative estimate of drug-likeness (QED) is 0.882. The second-order valence-electron chi connectivity index (χ2n) is 5.05. The molecule has 0 aliphatic carbocycles. The number of aromatic nitrogens is 1. The summed E-state index contributed by atoms with van der Waals surface area (Å²) < 4.78 is 0. The molecular formula is C14H20N4. The first-order valence-electron chi connectivity index (χ1n) is 6.56. The minimum atomic E-state index is 0.581. The predicted octanol–water partition coefficient (Wildman–Crippen LogP) is 2.24. The number of nitrogens with zero attached hydrogens (tertiary/aromatic N) is 3. The van der Waals surface area contributed by atoms with Crippen molar-refractivity contribution in [1.29, 1.82) is 5.26 Å². The lowest BCUT2D eigenvalue weighted by Gasteiger charge is -2.28. The van der Waals surface area contributed by atoms with Gasteiger partial charge in [-0.2, -0.15) is 5.26 Å². The molecule has 18 heavy (non-hydrogen) atoms. The molecule has 1 N–H and O–H groups in total. The number of rotatable bonds is 4. The van der Waals surface area contributed by atoms with Gasteiger partial charge in [-0.3, -0.25) is 4.90 Å². The standard InChI is InChI=1S/C14H20N4/c1-11(2)18-7-3-4-13(18)10-17-14-8-12(9-15)5-6-16-14/h5-6,8,11,13H,3-4,7,10H2,1-2H3,(H,16,17). The largest absolute Gasteiger partial charge is 0.368 e. The molecular weight excluding hydrogens is 224 g/mol. The molecule has 0 spiro atoms. The highest BCUT2D eigenvalue weighted by Gasteiger charge is 2.26. The summed E-state index contributed by atoms with van der Waals surface area (Å²) in [6, 6.07) is 6.83. The molecule has 2 rings (SSSR count). The summed E-state index contributed by atoms with van der Waals surface area (Å²) in [4.78, 5) is 6.77. The molecule has 0 aromatic carbocycles. The van der Waals surface area contributed by atoms with Gasteiger partial charge in [-0.25, -0.2) is 4.98 Å². The van der Waals surface area contributed by atoms with Gasteiger partial charge in [-0.05, 0) is 45.4 Å². The maximum absolute atomic E-state index is 8.84. The van der Waals surface area contributed by atoms with E-state index in [1.807, 2.05) is 0 Å². The van der Waals surface area contributed by atoms with Gasteiger partial charge in [0.05, 0.1) is 11.6 Å². The lowest BCUT2D eigenvalue weighted by atomic mass is 10.2. The first-order valence-corrected chi connectivity index (χ1v) is 6.56. The third-order valence-electron chi connectivity index (χ3n) is 3.49. The normalized spacial score (nSPS) is 20.0. The Balaban J connectivity index is 1.93. The number of likely N-dealkylation sites (tertiary alicyclic amines) is 1. The minimum absolute atomic E-state index is 0.581. The topological polar surface area (TPSA) is 52.0 Å². The predicted molar refractivity (Wildman–Crippen MR) is 72.3 cm³/mol. The van der Waals surface area contributed by atoms with Crippen LogP contribution in [-0.2, 0) is 0 Å². The highest BCUT2D eigenvalue weighted by atomic mass is 15.2. The van der Waals surface area contributed by atoms with Crippen LogP contribution in [0.15, 0.2) is 18.3 Å². The second kappa shape index (κ2) is 5.83. The molecule has 1 fully saturated rings. The van der Waals surface area contributed by atoms with Gasteiger partial charge in [0, 0.05) is 24.8 Å². The van der Waals surface area contributed by atoms with Crippen LogP contribution in [0.4, 0.5) is 5.82 Å². The molecule has 96 valence electrons. The fourth-order valence-corrected chi connectivity index (χ4v) is 2.58. The molecule has 0 saturated carbocycles. The van der Waals surface area contributed by atoms with Crippen molar-refractivity contribution >= 4 is 5.82 Å². The van der Waals surface area contributed by atoms with Crippen molar-refractivity contribution in [2.45, 2.75) is 38.8 Å². The average molecular weight is 244 g/mol. The van der Waals surface area contributed by atoms with Crippen molar-refractivity contribution in [3.63, 3.8) is 0 Å². The van der Waals surface area contributed by atoms with Gasteiger partial charge in [-0.1, -0.05) is 0 Å². The van der Waals surface area contributed by atoms with E-state index in [2.05, 4.69) is 35.1 Å². The van der Waals surface area contributed by atoms with E-state index in [1.165, 1.54) is 19.4 Å². The molecule has 1 aromatic rings. The van der Waals surface area contributed by atoms with Gasteiger partial charge in [0.2, 0.25) is 0 Å². The highest BCUT2D eigenvalue weighted by Crippen LogP contribution is 2.20. The molecule has 1 aliphatic heterocycles. The summed E-state index contributed by atoms with van der Waals surface area (Å²) in [5.74, 6) is 0.796. The number of hydrogen-bond acceptors (Lipinski definition) is 4. The van der Waals surface area contributed by atoms with E-state index in [9.17, 15) is 0 Å². The SMILES string of the molecule is CC(C)N1CCCC1CNc1cc(C#N)ccn1. The number of nitrogens with one attached hydrogen (secondary N) is 1. The third kappa shape index (κ3) is 2.99. The Hall–Kier alpha value is -1.60. The molecule has 0 radical (unpaired) electrons. The fraction of sp³-hybridized carbons (Fsp3) is 0.571. The Morgan fingerprint density at radius 3 is 3.17 bits per heavy atom. The van der Waals surface area contributed by atoms with E-state index in [-0.39, 0.29) is 0 Å². The average Bonchev–Trinajstić information content (AvgIpc) is 2.85. The van der Waals surface area contributed by atoms with E-state index < -0.39 is 0 Å². The van der Waals surface area contributed by atoms with Crippen LogP contribution in [0.2, 0.25) is 0 Å². The molecule has 0 amide bonds. The number of nitriles is 1. The van der Waals surface area contributed by atoms with E-state index in [4.69, 9.17) is 5.26 Å². The molecule has 0 bridgehead atoms. The molecule has 1 aromatic heterocycles. The zero-order valence-electron chi connectivity index (χ0n) is 11.1. The Morgan fingerprint density at radius 2 is 2.44 bits per heavy atom. The van der Waals surface area contributed by atoms with Crippen LogP contribution < -0.4 is 5.32 Å². The van der Waals surface area contributed by atoms with Crippen LogP contribution in [0.3, 0.4) is 0 Å². The van der Waals surface area contributed by atoms with Crippen LogP contribution in [0.25, 0.3) is 0 Å². The van der Waals surface area contributed by atoms with Gasteiger partial charge < -0.3 is 5.32 Å². The lowest BCUT2D eigenvalue weighted by molar-refractivity contribution is 0.211. The summed E-state index contributed by atoms with van der Waals surface area (Å²) in [6.45, 7) is 6.58. The van der Waals surface area contributed by atoms with E-state index in [0.29, 0.717) is 17.6 Å². The first-order chi connectivity index (χ1) is 8.70. The van der Waals surface area contributed by atoms with Crippen LogP contribution >= 0.6 is 0 Å². The number of hydrogen-bond donors (Lipinski definition) is 1. The van der Waals surface area contributed by atoms with Gasteiger partial charge in [-0.15, -0.1) is 0 Å². The Bertz CT molecular complexity index is 436. The van der Waals surface area contributed by atoms with E-state index in [0.717, 1.165) is 12.4 Å². The summed E-state index contributed by atoms with van der Waals surface area (Å²) in [5, 5.41) is 12.2. The van der Waals surface area contributed by atoms with Crippen LogP contribution in [0, 0.1) is 11.3 Å². The zero-order valence-corrected chi connectivity index (χ0v) is 11.1. The van der Waals surface area contributed by atoms with Crippen molar-refractivity contribution in [1.82, 2.24) is 9.88 Å². The van der Waals surface area contributed by atoms with Crippen molar-refractivity contribution in [2.24, 2.45) is 0 Å². The number of pyridine rings is 1. The van der Waals surface area contributed by atoms with Gasteiger partial charge in [0.1, 0.15) is 5.82 Å². The van der Waals surface area contributed by atoms with E-state index in [1.54, 1.807) is 18.3 Å². The Kier molecular flexibility index (Phi) is 4.16. The minimum Gasteiger partial charge on any atom is -0.368 e. The highest BCUT2D eigenvalue weighted by molar-refractivity contribution is 5.42. The fourth-order valence-electron chi connectivity index (χ4n) is 2.58. The van der Waals surface area contributed by atoms with Crippen LogP contribution in [0.1, 0.15) is 32.3 Å². The van der Waals surface area contributed by atoms with E-state index >= 15 is 0 Å².